The number of rotatable bonds is 8. The third-order valence-corrected chi connectivity index (χ3v) is 3.94. The van der Waals surface area contributed by atoms with Crippen molar-refractivity contribution in [3.8, 4) is 5.75 Å². The fraction of sp³-hybridized carbons (Fsp3) is 0.294. The topological polar surface area (TPSA) is 99.1 Å². The number of nitrogens with zero attached hydrogens (tertiary/aromatic N) is 2. The highest BCUT2D eigenvalue weighted by Crippen LogP contribution is 2.18. The summed E-state index contributed by atoms with van der Waals surface area (Å²) in [6.45, 7) is 2.09. The normalized spacial score (nSPS) is 10.6. The summed E-state index contributed by atoms with van der Waals surface area (Å²) >= 11 is 1.32. The molecule has 0 fully saturated rings. The van der Waals surface area contributed by atoms with Gasteiger partial charge in [0.1, 0.15) is 5.75 Å². The van der Waals surface area contributed by atoms with Crippen LogP contribution in [-0.2, 0) is 20.7 Å². The molecular formula is C17H19N3O5S. The number of benzene rings is 1. The summed E-state index contributed by atoms with van der Waals surface area (Å²) in [6.07, 6.45) is 1.65. The van der Waals surface area contributed by atoms with Crippen molar-refractivity contribution < 1.29 is 23.8 Å². The molecule has 2 aromatic rings. The minimum Gasteiger partial charge on any atom is -0.497 e. The van der Waals surface area contributed by atoms with Gasteiger partial charge in [0, 0.05) is 5.38 Å². The summed E-state index contributed by atoms with van der Waals surface area (Å²) in [4.78, 5) is 27.4. The highest BCUT2D eigenvalue weighted by Gasteiger charge is 2.09. The lowest BCUT2D eigenvalue weighted by molar-refractivity contribution is -0.142. The molecule has 0 unspecified atom stereocenters. The second-order valence-corrected chi connectivity index (χ2v) is 5.84. The van der Waals surface area contributed by atoms with Crippen LogP contribution in [0.3, 0.4) is 0 Å². The first-order chi connectivity index (χ1) is 12.5. The molecule has 0 amide bonds. The van der Waals surface area contributed by atoms with E-state index in [0.717, 1.165) is 0 Å². The van der Waals surface area contributed by atoms with Crippen LogP contribution < -0.4 is 10.2 Å². The van der Waals surface area contributed by atoms with Crippen molar-refractivity contribution in [2.75, 3.05) is 26.3 Å². The molecule has 0 aliphatic rings. The predicted octanol–water partition coefficient (Wildman–Crippen LogP) is 2.49. The van der Waals surface area contributed by atoms with E-state index in [4.69, 9.17) is 14.2 Å². The summed E-state index contributed by atoms with van der Waals surface area (Å²) in [5, 5.41) is 6.39. The number of nitrogens with one attached hydrogen (secondary N) is 1. The smallest absolute Gasteiger partial charge is 0.338 e. The zero-order chi connectivity index (χ0) is 18.9. The van der Waals surface area contributed by atoms with Crippen LogP contribution in [0.2, 0.25) is 0 Å². The first-order valence-corrected chi connectivity index (χ1v) is 8.60. The number of ether oxygens (including phenoxy) is 3. The molecule has 0 spiro atoms. The average molecular weight is 377 g/mol. The highest BCUT2D eigenvalue weighted by atomic mass is 32.1. The quantitative estimate of drug-likeness (QED) is 0.429. The second kappa shape index (κ2) is 9.52. The van der Waals surface area contributed by atoms with Gasteiger partial charge in [-0.3, -0.25) is 10.2 Å². The molecule has 0 radical (unpaired) electrons. The third kappa shape index (κ3) is 5.55. The van der Waals surface area contributed by atoms with E-state index in [1.807, 2.05) is 0 Å². The van der Waals surface area contributed by atoms with Gasteiger partial charge in [0.25, 0.3) is 0 Å². The summed E-state index contributed by atoms with van der Waals surface area (Å²) < 4.78 is 14.8. The van der Waals surface area contributed by atoms with Crippen molar-refractivity contribution in [3.05, 3.63) is 40.4 Å². The number of carbonyl (C=O) groups is 2. The van der Waals surface area contributed by atoms with Crippen LogP contribution in [0.15, 0.2) is 28.7 Å². The lowest BCUT2D eigenvalue weighted by atomic mass is 10.1. The minimum absolute atomic E-state index is 0.119. The Bertz CT molecular complexity index is 803. The zero-order valence-electron chi connectivity index (χ0n) is 14.6. The lowest BCUT2D eigenvalue weighted by Gasteiger charge is -2.05. The van der Waals surface area contributed by atoms with E-state index in [2.05, 4.69) is 15.5 Å². The summed E-state index contributed by atoms with van der Waals surface area (Å²) in [5.74, 6) is -0.269. The first kappa shape index (κ1) is 19.4. The number of anilines is 1. The Morgan fingerprint density at radius 3 is 2.81 bits per heavy atom. The molecule has 8 nitrogen and oxygen atoms in total. The van der Waals surface area contributed by atoms with Crippen molar-refractivity contribution in [3.63, 3.8) is 0 Å². The predicted molar refractivity (Wildman–Crippen MR) is 98.0 cm³/mol. The van der Waals surface area contributed by atoms with Crippen molar-refractivity contribution in [2.24, 2.45) is 5.10 Å². The number of esters is 2. The van der Waals surface area contributed by atoms with E-state index >= 15 is 0 Å². The molecule has 1 N–H and O–H groups in total. The Labute approximate surface area is 154 Å². The van der Waals surface area contributed by atoms with E-state index < -0.39 is 5.97 Å². The molecule has 0 bridgehead atoms. The van der Waals surface area contributed by atoms with Gasteiger partial charge in [-0.2, -0.15) is 5.10 Å². The average Bonchev–Trinajstić information content (AvgIpc) is 3.08. The van der Waals surface area contributed by atoms with Gasteiger partial charge in [-0.25, -0.2) is 9.78 Å². The van der Waals surface area contributed by atoms with E-state index in [-0.39, 0.29) is 12.4 Å². The fourth-order valence-corrected chi connectivity index (χ4v) is 2.67. The second-order valence-electron chi connectivity index (χ2n) is 4.98. The van der Waals surface area contributed by atoms with Crippen LogP contribution in [-0.4, -0.2) is 44.0 Å². The fourth-order valence-electron chi connectivity index (χ4n) is 2.01. The Morgan fingerprint density at radius 2 is 2.12 bits per heavy atom. The maximum atomic E-state index is 11.7. The Kier molecular flexibility index (Phi) is 7.10. The van der Waals surface area contributed by atoms with Gasteiger partial charge in [0.05, 0.1) is 44.7 Å². The van der Waals surface area contributed by atoms with Crippen LogP contribution in [0.25, 0.3) is 0 Å². The number of carbonyl (C=O) groups excluding carboxylic acids is 2. The number of methoxy groups -OCH3 is 2. The molecular weight excluding hydrogens is 358 g/mol. The summed E-state index contributed by atoms with van der Waals surface area (Å²) in [6, 6.07) is 4.94. The Morgan fingerprint density at radius 1 is 1.31 bits per heavy atom. The highest BCUT2D eigenvalue weighted by molar-refractivity contribution is 7.13. The van der Waals surface area contributed by atoms with Gasteiger partial charge in [-0.1, -0.05) is 0 Å². The van der Waals surface area contributed by atoms with Crippen LogP contribution in [0.4, 0.5) is 5.13 Å². The number of hydrazone groups is 1. The van der Waals surface area contributed by atoms with E-state index in [1.165, 1.54) is 31.8 Å². The molecule has 9 heteroatoms. The van der Waals surface area contributed by atoms with Crippen LogP contribution in [0, 0.1) is 0 Å². The van der Waals surface area contributed by atoms with Crippen molar-refractivity contribution in [2.45, 2.75) is 13.3 Å². The molecule has 0 saturated heterocycles. The van der Waals surface area contributed by atoms with Crippen molar-refractivity contribution >= 4 is 34.6 Å². The van der Waals surface area contributed by atoms with E-state index in [1.54, 1.807) is 30.5 Å². The van der Waals surface area contributed by atoms with Gasteiger partial charge >= 0.3 is 11.9 Å². The molecule has 0 saturated carbocycles. The lowest BCUT2D eigenvalue weighted by Crippen LogP contribution is -2.07. The van der Waals surface area contributed by atoms with E-state index in [0.29, 0.717) is 34.3 Å². The van der Waals surface area contributed by atoms with Crippen molar-refractivity contribution in [1.82, 2.24) is 4.98 Å². The molecule has 0 aliphatic heterocycles. The summed E-state index contributed by atoms with van der Waals surface area (Å²) in [5.41, 5.74) is 4.41. The van der Waals surface area contributed by atoms with Gasteiger partial charge in [0.15, 0.2) is 0 Å². The van der Waals surface area contributed by atoms with Crippen molar-refractivity contribution in [1.29, 1.82) is 0 Å². The number of hydrogen-bond donors (Lipinski definition) is 1. The zero-order valence-corrected chi connectivity index (χ0v) is 15.5. The molecule has 138 valence electrons. The largest absolute Gasteiger partial charge is 0.497 e. The first-order valence-electron chi connectivity index (χ1n) is 7.72. The van der Waals surface area contributed by atoms with Crippen LogP contribution >= 0.6 is 11.3 Å². The van der Waals surface area contributed by atoms with Gasteiger partial charge in [-0.05, 0) is 30.7 Å². The number of hydrogen-bond acceptors (Lipinski definition) is 9. The number of aromatic nitrogens is 1. The molecule has 26 heavy (non-hydrogen) atoms. The molecule has 0 atom stereocenters. The molecule has 1 aromatic heterocycles. The number of thiazole rings is 1. The standard InChI is InChI=1S/C17H19N3O5S/c1-4-25-15(21)8-13-10-26-17(19-13)20-18-9-11-5-12(16(22)24-3)7-14(6-11)23-2/h5-7,9-10H,4,8H2,1-3H3,(H,19,20). The van der Waals surface area contributed by atoms with Crippen LogP contribution in [0.1, 0.15) is 28.5 Å². The maximum Gasteiger partial charge on any atom is 0.338 e. The van der Waals surface area contributed by atoms with Gasteiger partial charge in [-0.15, -0.1) is 11.3 Å². The van der Waals surface area contributed by atoms with E-state index in [9.17, 15) is 9.59 Å². The molecule has 1 heterocycles. The Balaban J connectivity index is 2.03. The minimum atomic E-state index is -0.463. The monoisotopic (exact) mass is 377 g/mol. The molecule has 0 aliphatic carbocycles. The van der Waals surface area contributed by atoms with Crippen LogP contribution in [0.5, 0.6) is 5.75 Å². The maximum absolute atomic E-state index is 11.7. The van der Waals surface area contributed by atoms with Gasteiger partial charge < -0.3 is 14.2 Å². The molecule has 1 aromatic carbocycles. The third-order valence-electron chi connectivity index (χ3n) is 3.14. The van der Waals surface area contributed by atoms with Gasteiger partial charge in [0.2, 0.25) is 5.13 Å². The SMILES string of the molecule is CCOC(=O)Cc1csc(NN=Cc2cc(OC)cc(C(=O)OC)c2)n1. The Hall–Kier alpha value is -2.94. The summed E-state index contributed by atoms with van der Waals surface area (Å²) in [7, 11) is 2.82. The molecule has 2 rings (SSSR count).